The molecule has 2 aromatic rings. The lowest BCUT2D eigenvalue weighted by Crippen LogP contribution is -2.35. The zero-order valence-electron chi connectivity index (χ0n) is 15.9. The molecule has 1 aliphatic carbocycles. The summed E-state index contributed by atoms with van der Waals surface area (Å²) in [6.07, 6.45) is 0.967. The van der Waals surface area contributed by atoms with Crippen LogP contribution in [0.4, 0.5) is 0 Å². The third kappa shape index (κ3) is 2.79. The maximum Gasteiger partial charge on any atom is 0.262 e. The van der Waals surface area contributed by atoms with Gasteiger partial charge in [0.1, 0.15) is 0 Å². The lowest BCUT2D eigenvalue weighted by atomic mass is 9.89. The van der Waals surface area contributed by atoms with E-state index in [1.165, 1.54) is 16.7 Å². The van der Waals surface area contributed by atoms with Crippen molar-refractivity contribution in [2.45, 2.75) is 33.0 Å². The molecule has 0 bridgehead atoms. The number of allylic oxidation sites excluding steroid dienone is 1. The molecule has 1 aliphatic heterocycles. The second-order valence-electron chi connectivity index (χ2n) is 8.24. The Morgan fingerprint density at radius 3 is 2.19 bits per heavy atom. The maximum atomic E-state index is 14.1. The van der Waals surface area contributed by atoms with Crippen molar-refractivity contribution in [2.75, 3.05) is 6.61 Å². The van der Waals surface area contributed by atoms with Crippen LogP contribution in [0.1, 0.15) is 17.5 Å². The van der Waals surface area contributed by atoms with Gasteiger partial charge in [0.25, 0.3) is 7.37 Å². The first-order valence-corrected chi connectivity index (χ1v) is 14.3. The average Bonchev–Trinajstić information content (AvgIpc) is 2.58. The van der Waals surface area contributed by atoms with Crippen molar-refractivity contribution in [3.05, 3.63) is 82.1 Å². The molecule has 2 nitrogen and oxygen atoms in total. The molecule has 0 unspecified atom stereocenters. The molecule has 2 aromatic carbocycles. The first-order chi connectivity index (χ1) is 12.3. The largest absolute Gasteiger partial charge is 0.317 e. The van der Waals surface area contributed by atoms with Gasteiger partial charge in [-0.1, -0.05) is 72.9 Å². The zero-order valence-corrected chi connectivity index (χ0v) is 17.8. The molecule has 0 amide bonds. The Balaban J connectivity index is 1.95. The Morgan fingerprint density at radius 1 is 0.923 bits per heavy atom. The minimum Gasteiger partial charge on any atom is -0.317 e. The van der Waals surface area contributed by atoms with E-state index in [1.54, 1.807) is 5.20 Å². The molecule has 0 spiro atoms. The fourth-order valence-corrected chi connectivity index (χ4v) is 8.17. The van der Waals surface area contributed by atoms with Gasteiger partial charge in [-0.05, 0) is 42.2 Å². The molecule has 1 atom stereocenters. The molecule has 4 rings (SSSR count). The van der Waals surface area contributed by atoms with Crippen LogP contribution in [0, 0.1) is 6.92 Å². The van der Waals surface area contributed by atoms with E-state index in [0.29, 0.717) is 6.61 Å². The second kappa shape index (κ2) is 6.19. The first kappa shape index (κ1) is 17.7. The number of rotatable bonds is 3. The highest BCUT2D eigenvalue weighted by Crippen LogP contribution is 2.66. The zero-order chi connectivity index (χ0) is 18.5. The van der Waals surface area contributed by atoms with Crippen molar-refractivity contribution in [1.82, 2.24) is 0 Å². The molecule has 0 fully saturated rings. The molecular weight excluding hydrogens is 355 g/mol. The fourth-order valence-electron chi connectivity index (χ4n) is 3.87. The molecule has 0 saturated heterocycles. The van der Waals surface area contributed by atoms with E-state index < -0.39 is 15.4 Å². The van der Waals surface area contributed by atoms with Crippen LogP contribution in [-0.2, 0) is 9.09 Å². The van der Waals surface area contributed by atoms with Gasteiger partial charge in [0.15, 0.2) is 0 Å². The monoisotopic (exact) mass is 380 g/mol. The highest BCUT2D eigenvalue weighted by atomic mass is 31.2. The van der Waals surface area contributed by atoms with E-state index in [1.807, 2.05) is 30.3 Å². The first-order valence-electron chi connectivity index (χ1n) is 9.14. The van der Waals surface area contributed by atoms with Gasteiger partial charge in [-0.3, -0.25) is 4.57 Å². The van der Waals surface area contributed by atoms with Crippen molar-refractivity contribution < 1.29 is 9.09 Å². The summed E-state index contributed by atoms with van der Waals surface area (Å²) in [5, 5.41) is 3.28. The molecule has 0 saturated carbocycles. The predicted molar refractivity (Wildman–Crippen MR) is 113 cm³/mol. The maximum absolute atomic E-state index is 14.1. The van der Waals surface area contributed by atoms with E-state index in [4.69, 9.17) is 4.52 Å². The topological polar surface area (TPSA) is 26.3 Å². The predicted octanol–water partition coefficient (Wildman–Crippen LogP) is 5.92. The molecule has 2 aliphatic rings. The molecule has 0 radical (unpaired) electrons. The van der Waals surface area contributed by atoms with Gasteiger partial charge in [0.05, 0.1) is 20.0 Å². The van der Waals surface area contributed by atoms with Gasteiger partial charge in [-0.15, -0.1) is 0 Å². The SMILES string of the molecule is Cc1ccc(C2=C3CC([Si](C)(C)C)=C3CO[P@@]2(=O)c2ccccc2)cc1. The lowest BCUT2D eigenvalue weighted by Gasteiger charge is -2.42. The van der Waals surface area contributed by atoms with Crippen molar-refractivity contribution in [3.63, 3.8) is 0 Å². The molecule has 4 heteroatoms. The molecule has 0 N–H and O–H groups in total. The summed E-state index contributed by atoms with van der Waals surface area (Å²) in [5.74, 6) is 0. The Bertz CT molecular complexity index is 963. The van der Waals surface area contributed by atoms with E-state index >= 15 is 0 Å². The van der Waals surface area contributed by atoms with Crippen LogP contribution in [0.25, 0.3) is 5.31 Å². The Kier molecular flexibility index (Phi) is 4.22. The molecule has 26 heavy (non-hydrogen) atoms. The van der Waals surface area contributed by atoms with Gasteiger partial charge in [-0.25, -0.2) is 0 Å². The second-order valence-corrected chi connectivity index (χ2v) is 15.7. The van der Waals surface area contributed by atoms with Crippen LogP contribution >= 0.6 is 7.37 Å². The van der Waals surface area contributed by atoms with Crippen molar-refractivity contribution in [1.29, 1.82) is 0 Å². The summed E-state index contributed by atoms with van der Waals surface area (Å²) in [6, 6.07) is 18.1. The van der Waals surface area contributed by atoms with Gasteiger partial charge in [0.2, 0.25) is 0 Å². The average molecular weight is 381 g/mol. The lowest BCUT2D eigenvalue weighted by molar-refractivity contribution is 0.352. The van der Waals surface area contributed by atoms with E-state index in [-0.39, 0.29) is 0 Å². The van der Waals surface area contributed by atoms with Crippen LogP contribution in [0.2, 0.25) is 19.6 Å². The highest BCUT2D eigenvalue weighted by molar-refractivity contribution is 7.77. The molecule has 134 valence electrons. The minimum atomic E-state index is -3.07. The standard InChI is InChI=1S/C22H25O2PSi/c1-16-10-12-17(13-11-16)22-19-14-21(26(2,3)4)20(19)15-24-25(22,23)18-8-6-5-7-9-18/h5-13H,14-15H2,1-4H3/t25-/m0/s1. The Hall–Kier alpha value is -1.67. The normalized spacial score (nSPS) is 22.9. The van der Waals surface area contributed by atoms with Crippen molar-refractivity contribution >= 4 is 26.1 Å². The summed E-state index contributed by atoms with van der Waals surface area (Å²) >= 11 is 0. The third-order valence-electron chi connectivity index (χ3n) is 5.38. The summed E-state index contributed by atoms with van der Waals surface area (Å²) < 4.78 is 20.3. The number of benzene rings is 2. The van der Waals surface area contributed by atoms with Crippen LogP contribution in [0.3, 0.4) is 0 Å². The quantitative estimate of drug-likeness (QED) is 0.488. The van der Waals surface area contributed by atoms with E-state index in [2.05, 4.69) is 50.8 Å². The van der Waals surface area contributed by atoms with Gasteiger partial charge < -0.3 is 4.52 Å². The third-order valence-corrected chi connectivity index (χ3v) is 10.3. The van der Waals surface area contributed by atoms with Crippen LogP contribution in [0.5, 0.6) is 0 Å². The van der Waals surface area contributed by atoms with Crippen LogP contribution in [-0.4, -0.2) is 14.7 Å². The van der Waals surface area contributed by atoms with Crippen LogP contribution < -0.4 is 5.30 Å². The minimum absolute atomic E-state index is 0.483. The molecule has 1 heterocycles. The summed E-state index contributed by atoms with van der Waals surface area (Å²) in [4.78, 5) is 0. The fraction of sp³-hybridized carbons (Fsp3) is 0.273. The summed E-state index contributed by atoms with van der Waals surface area (Å²) in [6.45, 7) is 9.69. The van der Waals surface area contributed by atoms with E-state index in [0.717, 1.165) is 22.6 Å². The molecular formula is C22H25O2PSi. The van der Waals surface area contributed by atoms with E-state index in [9.17, 15) is 4.57 Å². The van der Waals surface area contributed by atoms with Gasteiger partial charge >= 0.3 is 0 Å². The van der Waals surface area contributed by atoms with Crippen molar-refractivity contribution in [3.8, 4) is 0 Å². The Labute approximate surface area is 157 Å². The molecule has 0 aromatic heterocycles. The number of hydrogen-bond acceptors (Lipinski definition) is 2. The number of hydrogen-bond donors (Lipinski definition) is 0. The van der Waals surface area contributed by atoms with Gasteiger partial charge in [0, 0.05) is 5.30 Å². The summed E-state index contributed by atoms with van der Waals surface area (Å²) in [5.41, 5.74) is 4.83. The van der Waals surface area contributed by atoms with Gasteiger partial charge in [-0.2, -0.15) is 0 Å². The summed E-state index contributed by atoms with van der Waals surface area (Å²) in [7, 11) is -4.44. The van der Waals surface area contributed by atoms with Crippen LogP contribution in [0.15, 0.2) is 70.9 Å². The highest BCUT2D eigenvalue weighted by Gasteiger charge is 2.45. The number of aryl methyl sites for hydroxylation is 1. The smallest absolute Gasteiger partial charge is 0.262 e. The Morgan fingerprint density at radius 2 is 1.58 bits per heavy atom. The van der Waals surface area contributed by atoms with Crippen molar-refractivity contribution in [2.24, 2.45) is 0 Å². The number of fused-ring (bicyclic) bond motifs is 1.